The first-order valence-electron chi connectivity index (χ1n) is 5.33. The molecule has 0 aromatic rings. The zero-order valence-corrected chi connectivity index (χ0v) is 9.30. The van der Waals surface area contributed by atoms with Crippen LogP contribution in [0.2, 0.25) is 0 Å². The monoisotopic (exact) mass is 179 g/mol. The summed E-state index contributed by atoms with van der Waals surface area (Å²) in [6, 6.07) is 0. The van der Waals surface area contributed by atoms with Gasteiger partial charge in [-0.3, -0.25) is 4.99 Å². The van der Waals surface area contributed by atoms with Crippen molar-refractivity contribution < 1.29 is 0 Å². The maximum absolute atomic E-state index is 4.45. The summed E-state index contributed by atoms with van der Waals surface area (Å²) in [5.41, 5.74) is 2.84. The van der Waals surface area contributed by atoms with Crippen molar-refractivity contribution >= 4 is 5.71 Å². The maximum atomic E-state index is 4.45. The van der Waals surface area contributed by atoms with Crippen LogP contribution in [0.15, 0.2) is 16.6 Å². The van der Waals surface area contributed by atoms with Gasteiger partial charge in [0.15, 0.2) is 0 Å². The largest absolute Gasteiger partial charge is 0.293 e. The predicted octanol–water partition coefficient (Wildman–Crippen LogP) is 3.46. The lowest BCUT2D eigenvalue weighted by molar-refractivity contribution is 0.435. The van der Waals surface area contributed by atoms with Gasteiger partial charge in [-0.05, 0) is 37.7 Å². The highest BCUT2D eigenvalue weighted by Crippen LogP contribution is 2.31. The van der Waals surface area contributed by atoms with E-state index >= 15 is 0 Å². The maximum Gasteiger partial charge on any atom is 0.0406 e. The van der Waals surface area contributed by atoms with Gasteiger partial charge in [-0.2, -0.15) is 0 Å². The summed E-state index contributed by atoms with van der Waals surface area (Å²) in [7, 11) is 1.93. The van der Waals surface area contributed by atoms with Crippen LogP contribution < -0.4 is 0 Å². The van der Waals surface area contributed by atoms with Crippen molar-refractivity contribution in [1.29, 1.82) is 0 Å². The van der Waals surface area contributed by atoms with E-state index < -0.39 is 0 Å². The smallest absolute Gasteiger partial charge is 0.0406 e. The van der Waals surface area contributed by atoms with Crippen LogP contribution in [0.5, 0.6) is 0 Å². The molecule has 1 heteroatoms. The lowest BCUT2D eigenvalue weighted by atomic mass is 9.77. The van der Waals surface area contributed by atoms with Gasteiger partial charge in [-0.25, -0.2) is 0 Å². The van der Waals surface area contributed by atoms with E-state index in [1.807, 2.05) is 7.05 Å². The normalized spacial score (nSPS) is 30.4. The van der Waals surface area contributed by atoms with Gasteiger partial charge in [0, 0.05) is 18.7 Å². The predicted molar refractivity (Wildman–Crippen MR) is 59.3 cm³/mol. The molecular formula is C12H21N. The van der Waals surface area contributed by atoms with E-state index in [4.69, 9.17) is 0 Å². The first kappa shape index (κ1) is 10.5. The molecule has 1 atom stereocenters. The Balaban J connectivity index is 2.87. The molecule has 0 heterocycles. The van der Waals surface area contributed by atoms with Crippen LogP contribution in [0.4, 0.5) is 0 Å². The van der Waals surface area contributed by atoms with Crippen molar-refractivity contribution in [2.24, 2.45) is 16.8 Å². The van der Waals surface area contributed by atoms with Gasteiger partial charge in [0.25, 0.3) is 0 Å². The Morgan fingerprint density at radius 1 is 1.46 bits per heavy atom. The van der Waals surface area contributed by atoms with Crippen molar-refractivity contribution in [2.75, 3.05) is 7.05 Å². The van der Waals surface area contributed by atoms with Crippen LogP contribution in [0.25, 0.3) is 0 Å². The Kier molecular flexibility index (Phi) is 3.71. The van der Waals surface area contributed by atoms with E-state index in [1.165, 1.54) is 30.5 Å². The van der Waals surface area contributed by atoms with Crippen LogP contribution in [-0.4, -0.2) is 12.8 Å². The zero-order valence-electron chi connectivity index (χ0n) is 9.30. The second-order valence-corrected chi connectivity index (χ2v) is 4.17. The number of nitrogens with zero attached hydrogens (tertiary/aromatic N) is 1. The first-order valence-corrected chi connectivity index (χ1v) is 5.33. The van der Waals surface area contributed by atoms with Crippen LogP contribution in [0, 0.1) is 11.8 Å². The second kappa shape index (κ2) is 4.59. The number of hydrogen-bond donors (Lipinski definition) is 0. The fraction of sp³-hybridized carbons (Fsp3) is 0.750. The molecule has 13 heavy (non-hydrogen) atoms. The second-order valence-electron chi connectivity index (χ2n) is 4.17. The van der Waals surface area contributed by atoms with E-state index in [1.54, 1.807) is 0 Å². The average molecular weight is 179 g/mol. The summed E-state index contributed by atoms with van der Waals surface area (Å²) in [6.45, 7) is 6.73. The van der Waals surface area contributed by atoms with Crippen molar-refractivity contribution in [2.45, 2.75) is 40.0 Å². The average Bonchev–Trinajstić information content (AvgIpc) is 2.16. The third-order valence-corrected chi connectivity index (χ3v) is 3.04. The van der Waals surface area contributed by atoms with Crippen molar-refractivity contribution in [3.8, 4) is 0 Å². The van der Waals surface area contributed by atoms with Crippen molar-refractivity contribution in [1.82, 2.24) is 0 Å². The summed E-state index contributed by atoms with van der Waals surface area (Å²) in [4.78, 5) is 4.45. The molecule has 1 unspecified atom stereocenters. The van der Waals surface area contributed by atoms with Gasteiger partial charge in [0.05, 0.1) is 0 Å². The molecule has 1 aliphatic carbocycles. The van der Waals surface area contributed by atoms with E-state index in [0.29, 0.717) is 5.92 Å². The Morgan fingerprint density at radius 3 is 2.62 bits per heavy atom. The number of hydrogen-bond acceptors (Lipinski definition) is 1. The van der Waals surface area contributed by atoms with E-state index in [9.17, 15) is 0 Å². The van der Waals surface area contributed by atoms with E-state index in [-0.39, 0.29) is 0 Å². The van der Waals surface area contributed by atoms with Crippen molar-refractivity contribution in [3.05, 3.63) is 11.6 Å². The summed E-state index contributed by atoms with van der Waals surface area (Å²) in [5, 5.41) is 0. The molecule has 1 fully saturated rings. The van der Waals surface area contributed by atoms with Gasteiger partial charge >= 0.3 is 0 Å². The quantitative estimate of drug-likeness (QED) is 0.584. The molecule has 74 valence electrons. The minimum absolute atomic E-state index is 0.699. The molecule has 1 saturated carbocycles. The summed E-state index contributed by atoms with van der Waals surface area (Å²) >= 11 is 0. The molecule has 0 aromatic heterocycles. The highest BCUT2D eigenvalue weighted by Gasteiger charge is 2.25. The Bertz CT molecular complexity index is 223. The van der Waals surface area contributed by atoms with E-state index in [0.717, 1.165) is 5.92 Å². The van der Waals surface area contributed by atoms with Gasteiger partial charge < -0.3 is 0 Å². The van der Waals surface area contributed by atoms with Crippen molar-refractivity contribution in [3.63, 3.8) is 0 Å². The third kappa shape index (κ3) is 2.20. The summed E-state index contributed by atoms with van der Waals surface area (Å²) in [5.74, 6) is 1.43. The highest BCUT2D eigenvalue weighted by atomic mass is 14.7. The standard InChI is InChI=1S/C12H21N/c1-5-10-7-6-8-11(9(2)3)12(10)13-4/h5,9,11H,6-8H2,1-4H3. The number of allylic oxidation sites excluding steroid dienone is 2. The molecular weight excluding hydrogens is 158 g/mol. The fourth-order valence-corrected chi connectivity index (χ4v) is 2.27. The number of aliphatic imine (C=N–C) groups is 1. The Morgan fingerprint density at radius 2 is 2.15 bits per heavy atom. The molecule has 0 aromatic carbocycles. The third-order valence-electron chi connectivity index (χ3n) is 3.04. The highest BCUT2D eigenvalue weighted by molar-refractivity contribution is 6.02. The minimum atomic E-state index is 0.699. The lowest BCUT2D eigenvalue weighted by Gasteiger charge is -2.29. The molecule has 0 spiro atoms. The van der Waals surface area contributed by atoms with Gasteiger partial charge in [0.2, 0.25) is 0 Å². The summed E-state index contributed by atoms with van der Waals surface area (Å²) < 4.78 is 0. The molecule has 0 saturated heterocycles. The topological polar surface area (TPSA) is 12.4 Å². The molecule has 1 rings (SSSR count). The van der Waals surface area contributed by atoms with Crippen LogP contribution in [-0.2, 0) is 0 Å². The fourth-order valence-electron chi connectivity index (χ4n) is 2.27. The van der Waals surface area contributed by atoms with Gasteiger partial charge in [-0.15, -0.1) is 0 Å². The lowest BCUT2D eigenvalue weighted by Crippen LogP contribution is -2.26. The zero-order chi connectivity index (χ0) is 9.84. The van der Waals surface area contributed by atoms with Crippen LogP contribution in [0.3, 0.4) is 0 Å². The Hall–Kier alpha value is -0.590. The molecule has 0 bridgehead atoms. The first-order chi connectivity index (χ1) is 6.20. The SMILES string of the molecule is CC=C1CCCC(C(C)C)C1=NC. The molecule has 0 N–H and O–H groups in total. The van der Waals surface area contributed by atoms with Gasteiger partial charge in [-0.1, -0.05) is 19.9 Å². The van der Waals surface area contributed by atoms with Crippen LogP contribution >= 0.6 is 0 Å². The Labute approximate surface area is 82.0 Å². The molecule has 1 nitrogen and oxygen atoms in total. The van der Waals surface area contributed by atoms with E-state index in [2.05, 4.69) is 31.8 Å². The van der Waals surface area contributed by atoms with Crippen LogP contribution in [0.1, 0.15) is 40.0 Å². The summed E-state index contributed by atoms with van der Waals surface area (Å²) in [6.07, 6.45) is 6.12. The molecule has 0 aliphatic heterocycles. The molecule has 1 aliphatic rings. The minimum Gasteiger partial charge on any atom is -0.293 e. The number of rotatable bonds is 1. The molecule has 0 amide bonds. The molecule has 0 radical (unpaired) electrons. The van der Waals surface area contributed by atoms with Gasteiger partial charge in [0.1, 0.15) is 0 Å².